The molecule has 0 spiro atoms. The van der Waals surface area contributed by atoms with Crippen LogP contribution in [0.5, 0.6) is 0 Å². The summed E-state index contributed by atoms with van der Waals surface area (Å²) in [5.74, 6) is -2.03. The summed E-state index contributed by atoms with van der Waals surface area (Å²) in [5.41, 5.74) is 1.50. The van der Waals surface area contributed by atoms with Crippen LogP contribution < -0.4 is 5.32 Å². The van der Waals surface area contributed by atoms with Crippen molar-refractivity contribution >= 4 is 29.4 Å². The Morgan fingerprint density at radius 2 is 1.64 bits per heavy atom. The van der Waals surface area contributed by atoms with E-state index in [1.807, 2.05) is 30.3 Å². The Kier molecular flexibility index (Phi) is 5.43. The van der Waals surface area contributed by atoms with Gasteiger partial charge in [-0.1, -0.05) is 42.5 Å². The van der Waals surface area contributed by atoms with Gasteiger partial charge in [0.2, 0.25) is 0 Å². The highest BCUT2D eigenvalue weighted by atomic mass is 32.2. The Hall–Kier alpha value is -2.47. The van der Waals surface area contributed by atoms with Crippen molar-refractivity contribution in [2.24, 2.45) is 0 Å². The molecule has 0 fully saturated rings. The van der Waals surface area contributed by atoms with E-state index in [2.05, 4.69) is 5.32 Å². The second-order valence-corrected chi connectivity index (χ2v) is 5.58. The third-order valence-corrected chi connectivity index (χ3v) is 4.06. The van der Waals surface area contributed by atoms with E-state index in [0.717, 1.165) is 5.56 Å². The van der Waals surface area contributed by atoms with Gasteiger partial charge in [0.15, 0.2) is 0 Å². The van der Waals surface area contributed by atoms with Crippen LogP contribution in [0.4, 0.5) is 5.69 Å². The van der Waals surface area contributed by atoms with Crippen LogP contribution in [0.25, 0.3) is 0 Å². The second-order valence-electron chi connectivity index (χ2n) is 4.49. The summed E-state index contributed by atoms with van der Waals surface area (Å²) < 4.78 is 0. The van der Waals surface area contributed by atoms with Gasteiger partial charge in [-0.3, -0.25) is 4.79 Å². The molecule has 3 N–H and O–H groups in total. The minimum absolute atomic E-state index is 0.0815. The van der Waals surface area contributed by atoms with Gasteiger partial charge in [0.05, 0.1) is 16.7 Å². The highest BCUT2D eigenvalue weighted by Crippen LogP contribution is 2.31. The standard InChI is InChI=1S/C16H15NO4S/c18-14(19)10-22-15(11-6-2-1-3-7-11)17-13-9-5-4-8-12(13)16(20)21/h1-9,15,17H,10H2,(H,18,19)(H,20,21). The monoisotopic (exact) mass is 317 g/mol. The topological polar surface area (TPSA) is 86.6 Å². The third-order valence-electron chi connectivity index (χ3n) is 2.92. The van der Waals surface area contributed by atoms with Crippen molar-refractivity contribution in [3.05, 3.63) is 65.7 Å². The molecule has 0 aliphatic heterocycles. The van der Waals surface area contributed by atoms with Crippen molar-refractivity contribution < 1.29 is 19.8 Å². The van der Waals surface area contributed by atoms with Gasteiger partial charge < -0.3 is 15.5 Å². The van der Waals surface area contributed by atoms with E-state index >= 15 is 0 Å². The normalized spacial score (nSPS) is 11.6. The van der Waals surface area contributed by atoms with Gasteiger partial charge in [-0.05, 0) is 17.7 Å². The van der Waals surface area contributed by atoms with E-state index in [1.54, 1.807) is 18.2 Å². The summed E-state index contributed by atoms with van der Waals surface area (Å²) in [4.78, 5) is 22.1. The molecule has 1 atom stereocenters. The number of thioether (sulfide) groups is 1. The minimum atomic E-state index is -1.03. The average molecular weight is 317 g/mol. The number of rotatable bonds is 7. The first-order chi connectivity index (χ1) is 10.6. The number of carboxylic acid groups (broad SMARTS) is 2. The third kappa shape index (κ3) is 4.26. The molecule has 2 aromatic carbocycles. The number of benzene rings is 2. The van der Waals surface area contributed by atoms with Gasteiger partial charge in [-0.2, -0.15) is 0 Å². The summed E-state index contributed by atoms with van der Waals surface area (Å²) in [6.45, 7) is 0. The summed E-state index contributed by atoms with van der Waals surface area (Å²) in [7, 11) is 0. The van der Waals surface area contributed by atoms with E-state index in [-0.39, 0.29) is 16.7 Å². The fourth-order valence-corrected chi connectivity index (χ4v) is 2.81. The van der Waals surface area contributed by atoms with Gasteiger partial charge in [0.1, 0.15) is 0 Å². The summed E-state index contributed by atoms with van der Waals surface area (Å²) in [6.07, 6.45) is 0. The second kappa shape index (κ2) is 7.51. The lowest BCUT2D eigenvalue weighted by Gasteiger charge is -2.20. The maximum absolute atomic E-state index is 11.3. The Bertz CT molecular complexity index is 660. The molecule has 0 saturated heterocycles. The molecule has 5 nitrogen and oxygen atoms in total. The van der Waals surface area contributed by atoms with E-state index in [9.17, 15) is 14.7 Å². The van der Waals surface area contributed by atoms with Crippen LogP contribution in [-0.2, 0) is 4.79 Å². The molecule has 0 bridgehead atoms. The molecule has 0 aliphatic rings. The lowest BCUT2D eigenvalue weighted by Crippen LogP contribution is -2.13. The van der Waals surface area contributed by atoms with Crippen LogP contribution >= 0.6 is 11.8 Å². The quantitative estimate of drug-likeness (QED) is 0.679. The van der Waals surface area contributed by atoms with Crippen molar-refractivity contribution in [3.8, 4) is 0 Å². The molecule has 22 heavy (non-hydrogen) atoms. The Labute approximate surface area is 132 Å². The van der Waals surface area contributed by atoms with Crippen molar-refractivity contribution in [1.29, 1.82) is 0 Å². The number of hydrogen-bond acceptors (Lipinski definition) is 4. The molecule has 0 amide bonds. The fraction of sp³-hybridized carbons (Fsp3) is 0.125. The van der Waals surface area contributed by atoms with Gasteiger partial charge in [-0.15, -0.1) is 11.8 Å². The van der Waals surface area contributed by atoms with Crippen LogP contribution in [-0.4, -0.2) is 27.9 Å². The molecule has 2 aromatic rings. The number of carbonyl (C=O) groups is 2. The number of hydrogen-bond donors (Lipinski definition) is 3. The zero-order valence-electron chi connectivity index (χ0n) is 11.6. The van der Waals surface area contributed by atoms with E-state index in [1.165, 1.54) is 17.8 Å². The van der Waals surface area contributed by atoms with Gasteiger partial charge in [0.25, 0.3) is 0 Å². The Balaban J connectivity index is 2.27. The summed E-state index contributed by atoms with van der Waals surface area (Å²) >= 11 is 1.19. The highest BCUT2D eigenvalue weighted by Gasteiger charge is 2.17. The zero-order chi connectivity index (χ0) is 15.9. The van der Waals surface area contributed by atoms with E-state index in [4.69, 9.17) is 5.11 Å². The van der Waals surface area contributed by atoms with Gasteiger partial charge in [-0.25, -0.2) is 4.79 Å². The lowest BCUT2D eigenvalue weighted by molar-refractivity contribution is -0.133. The van der Waals surface area contributed by atoms with Crippen molar-refractivity contribution in [1.82, 2.24) is 0 Å². The molecule has 6 heteroatoms. The first kappa shape index (κ1) is 15.9. The van der Waals surface area contributed by atoms with Gasteiger partial charge in [0, 0.05) is 5.69 Å². The predicted octanol–water partition coefficient (Wildman–Crippen LogP) is 3.31. The largest absolute Gasteiger partial charge is 0.481 e. The molecule has 114 valence electrons. The van der Waals surface area contributed by atoms with Crippen LogP contribution in [0, 0.1) is 0 Å². The predicted molar refractivity (Wildman–Crippen MR) is 86.3 cm³/mol. The molecular formula is C16H15NO4S. The zero-order valence-corrected chi connectivity index (χ0v) is 12.4. The fourth-order valence-electron chi connectivity index (χ4n) is 1.94. The first-order valence-electron chi connectivity index (χ1n) is 6.55. The van der Waals surface area contributed by atoms with Crippen molar-refractivity contribution in [2.75, 3.05) is 11.1 Å². The molecule has 0 saturated carbocycles. The molecule has 0 aliphatic carbocycles. The van der Waals surface area contributed by atoms with E-state index < -0.39 is 11.9 Å². The SMILES string of the molecule is O=C(O)CSC(Nc1ccccc1C(=O)O)c1ccccc1. The van der Waals surface area contributed by atoms with Crippen LogP contribution in [0.3, 0.4) is 0 Å². The number of para-hydroxylation sites is 1. The maximum Gasteiger partial charge on any atom is 0.337 e. The summed E-state index contributed by atoms with van der Waals surface area (Å²) in [6, 6.07) is 15.9. The Morgan fingerprint density at radius 3 is 2.27 bits per heavy atom. The lowest BCUT2D eigenvalue weighted by atomic mass is 10.1. The van der Waals surface area contributed by atoms with Crippen LogP contribution in [0.2, 0.25) is 0 Å². The molecule has 0 heterocycles. The van der Waals surface area contributed by atoms with Crippen molar-refractivity contribution in [2.45, 2.75) is 5.37 Å². The maximum atomic E-state index is 11.3. The highest BCUT2D eigenvalue weighted by molar-refractivity contribution is 8.00. The smallest absolute Gasteiger partial charge is 0.337 e. The number of anilines is 1. The molecular weight excluding hydrogens is 302 g/mol. The minimum Gasteiger partial charge on any atom is -0.481 e. The van der Waals surface area contributed by atoms with Crippen molar-refractivity contribution in [3.63, 3.8) is 0 Å². The number of carboxylic acids is 2. The average Bonchev–Trinajstić information content (AvgIpc) is 2.52. The number of aliphatic carboxylic acids is 1. The Morgan fingerprint density at radius 1 is 1.00 bits per heavy atom. The van der Waals surface area contributed by atoms with Crippen LogP contribution in [0.1, 0.15) is 21.3 Å². The van der Waals surface area contributed by atoms with Gasteiger partial charge >= 0.3 is 11.9 Å². The molecule has 1 unspecified atom stereocenters. The molecule has 2 rings (SSSR count). The number of nitrogens with one attached hydrogen (secondary N) is 1. The molecule has 0 radical (unpaired) electrons. The van der Waals surface area contributed by atoms with Crippen LogP contribution in [0.15, 0.2) is 54.6 Å². The number of aromatic carboxylic acids is 1. The summed E-state index contributed by atoms with van der Waals surface area (Å²) in [5, 5.41) is 20.9. The first-order valence-corrected chi connectivity index (χ1v) is 7.60. The van der Waals surface area contributed by atoms with E-state index in [0.29, 0.717) is 5.69 Å². The molecule has 0 aromatic heterocycles.